The molecule has 1 saturated heterocycles. The van der Waals surface area contributed by atoms with E-state index in [2.05, 4.69) is 5.32 Å². The second-order valence-electron chi connectivity index (χ2n) is 6.64. The van der Waals surface area contributed by atoms with E-state index in [1.165, 1.54) is 13.2 Å². The van der Waals surface area contributed by atoms with Crippen molar-refractivity contribution in [1.29, 1.82) is 0 Å². The summed E-state index contributed by atoms with van der Waals surface area (Å²) < 4.78 is 10.5. The quantitative estimate of drug-likeness (QED) is 0.789. The molecule has 1 aromatic heterocycles. The van der Waals surface area contributed by atoms with Crippen molar-refractivity contribution in [2.45, 2.75) is 32.9 Å². The van der Waals surface area contributed by atoms with Gasteiger partial charge in [0.15, 0.2) is 6.10 Å². The first-order valence-electron chi connectivity index (χ1n) is 8.81. The molecule has 27 heavy (non-hydrogen) atoms. The molecule has 0 bridgehead atoms. The second-order valence-corrected chi connectivity index (χ2v) is 6.64. The molecule has 0 radical (unpaired) electrons. The van der Waals surface area contributed by atoms with Gasteiger partial charge in [0, 0.05) is 18.7 Å². The number of amides is 2. The topological polar surface area (TPSA) is 88.8 Å². The Kier molecular flexibility index (Phi) is 5.59. The summed E-state index contributed by atoms with van der Waals surface area (Å²) >= 11 is 0. The van der Waals surface area contributed by atoms with E-state index in [1.807, 2.05) is 25.1 Å². The molecule has 7 nitrogen and oxygen atoms in total. The average molecular weight is 370 g/mol. The molecule has 1 aromatic carbocycles. The van der Waals surface area contributed by atoms with Crippen molar-refractivity contribution in [1.82, 2.24) is 4.90 Å². The van der Waals surface area contributed by atoms with E-state index in [0.717, 1.165) is 5.56 Å². The van der Waals surface area contributed by atoms with Gasteiger partial charge >= 0.3 is 5.97 Å². The Morgan fingerprint density at radius 3 is 2.78 bits per heavy atom. The number of likely N-dealkylation sites (tertiary alicyclic amines) is 1. The monoisotopic (exact) mass is 370 g/mol. The van der Waals surface area contributed by atoms with Gasteiger partial charge < -0.3 is 19.4 Å². The highest BCUT2D eigenvalue weighted by Crippen LogP contribution is 2.22. The average Bonchev–Trinajstić information content (AvgIpc) is 3.27. The Hall–Kier alpha value is -3.09. The molecular formula is C20H22N2O5. The Balaban J connectivity index is 1.53. The highest BCUT2D eigenvalue weighted by molar-refractivity contribution is 5.96. The summed E-state index contributed by atoms with van der Waals surface area (Å²) in [7, 11) is 0. The maximum atomic E-state index is 12.4. The lowest BCUT2D eigenvalue weighted by Crippen LogP contribution is -2.33. The lowest BCUT2D eigenvalue weighted by molar-refractivity contribution is -0.157. The lowest BCUT2D eigenvalue weighted by atomic mass is 10.1. The van der Waals surface area contributed by atoms with Crippen LogP contribution in [-0.2, 0) is 25.7 Å². The number of hydrogen-bond acceptors (Lipinski definition) is 5. The summed E-state index contributed by atoms with van der Waals surface area (Å²) in [4.78, 5) is 38.3. The van der Waals surface area contributed by atoms with Crippen LogP contribution in [0.4, 0.5) is 5.69 Å². The Labute approximate surface area is 157 Å². The molecule has 2 aromatic rings. The summed E-state index contributed by atoms with van der Waals surface area (Å²) in [6.07, 6.45) is 0.661. The maximum absolute atomic E-state index is 12.4. The molecule has 0 saturated carbocycles. The number of carbonyl (C=O) groups excluding carboxylic acids is 3. The number of anilines is 1. The number of carbonyl (C=O) groups is 3. The third-order valence-corrected chi connectivity index (χ3v) is 4.54. The van der Waals surface area contributed by atoms with Crippen molar-refractivity contribution in [3.63, 3.8) is 0 Å². The molecular weight excluding hydrogens is 348 g/mol. The minimum atomic E-state index is -0.952. The van der Waals surface area contributed by atoms with Gasteiger partial charge in [-0.1, -0.05) is 18.2 Å². The third-order valence-electron chi connectivity index (χ3n) is 4.54. The van der Waals surface area contributed by atoms with Crippen LogP contribution >= 0.6 is 0 Å². The lowest BCUT2D eigenvalue weighted by Gasteiger charge is -2.17. The zero-order valence-corrected chi connectivity index (χ0v) is 15.3. The number of para-hydroxylation sites is 1. The molecule has 0 aliphatic carbocycles. The van der Waals surface area contributed by atoms with E-state index in [0.29, 0.717) is 18.0 Å². The molecule has 0 unspecified atom stereocenters. The first-order valence-corrected chi connectivity index (χ1v) is 8.81. The molecule has 0 spiro atoms. The minimum absolute atomic E-state index is 0.0751. The SMILES string of the molecule is Cc1ccccc1NC(=O)[C@H](C)OC(=O)[C@@H]1CC(=O)N(Cc2ccco2)C1. The summed E-state index contributed by atoms with van der Waals surface area (Å²) in [6.45, 7) is 3.97. The summed E-state index contributed by atoms with van der Waals surface area (Å²) in [5, 5.41) is 2.75. The van der Waals surface area contributed by atoms with Crippen LogP contribution in [0.2, 0.25) is 0 Å². The molecule has 1 aliphatic rings. The number of furan rings is 1. The molecule has 1 fully saturated rings. The van der Waals surface area contributed by atoms with Gasteiger partial charge in [-0.15, -0.1) is 0 Å². The van der Waals surface area contributed by atoms with Gasteiger partial charge in [0.25, 0.3) is 5.91 Å². The largest absolute Gasteiger partial charge is 0.467 e. The number of ether oxygens (including phenoxy) is 1. The number of aryl methyl sites for hydroxylation is 1. The van der Waals surface area contributed by atoms with Gasteiger partial charge in [-0.3, -0.25) is 14.4 Å². The predicted octanol–water partition coefficient (Wildman–Crippen LogP) is 2.51. The molecule has 1 N–H and O–H groups in total. The van der Waals surface area contributed by atoms with Crippen LogP contribution in [0.1, 0.15) is 24.7 Å². The van der Waals surface area contributed by atoms with Crippen molar-refractivity contribution >= 4 is 23.5 Å². The molecule has 2 amide bonds. The van der Waals surface area contributed by atoms with E-state index in [-0.39, 0.29) is 18.9 Å². The predicted molar refractivity (Wildman–Crippen MR) is 97.6 cm³/mol. The van der Waals surface area contributed by atoms with E-state index in [1.54, 1.807) is 23.1 Å². The van der Waals surface area contributed by atoms with E-state index < -0.39 is 23.9 Å². The number of benzene rings is 1. The molecule has 2 heterocycles. The number of rotatable bonds is 6. The van der Waals surface area contributed by atoms with Crippen LogP contribution in [0.15, 0.2) is 47.1 Å². The van der Waals surface area contributed by atoms with Crippen molar-refractivity contribution in [2.75, 3.05) is 11.9 Å². The van der Waals surface area contributed by atoms with Gasteiger partial charge in [-0.2, -0.15) is 0 Å². The number of esters is 1. The summed E-state index contributed by atoms with van der Waals surface area (Å²) in [5.74, 6) is -1.01. The molecule has 2 atom stereocenters. The van der Waals surface area contributed by atoms with Gasteiger partial charge in [0.1, 0.15) is 5.76 Å². The first kappa shape index (κ1) is 18.7. The van der Waals surface area contributed by atoms with Crippen molar-refractivity contribution in [3.05, 3.63) is 54.0 Å². The number of nitrogens with zero attached hydrogens (tertiary/aromatic N) is 1. The smallest absolute Gasteiger partial charge is 0.312 e. The summed E-state index contributed by atoms with van der Waals surface area (Å²) in [5.41, 5.74) is 1.59. The molecule has 3 rings (SSSR count). The molecule has 7 heteroatoms. The van der Waals surface area contributed by atoms with E-state index in [4.69, 9.17) is 9.15 Å². The van der Waals surface area contributed by atoms with Gasteiger partial charge in [-0.25, -0.2) is 0 Å². The maximum Gasteiger partial charge on any atom is 0.312 e. The standard InChI is InChI=1S/C20H22N2O5/c1-13-6-3-4-8-17(13)21-19(24)14(2)27-20(25)15-10-18(23)22(11-15)12-16-7-5-9-26-16/h3-9,14-15H,10-12H2,1-2H3,(H,21,24)/t14-,15+/m0/s1. The van der Waals surface area contributed by atoms with E-state index >= 15 is 0 Å². The van der Waals surface area contributed by atoms with Crippen molar-refractivity contribution in [3.8, 4) is 0 Å². The Morgan fingerprint density at radius 1 is 1.30 bits per heavy atom. The van der Waals surface area contributed by atoms with Crippen molar-refractivity contribution in [2.24, 2.45) is 5.92 Å². The van der Waals surface area contributed by atoms with Gasteiger partial charge in [0.05, 0.1) is 18.7 Å². The number of nitrogens with one attached hydrogen (secondary N) is 1. The fourth-order valence-corrected chi connectivity index (χ4v) is 2.95. The van der Waals surface area contributed by atoms with Crippen LogP contribution in [0, 0.1) is 12.8 Å². The molecule has 1 aliphatic heterocycles. The van der Waals surface area contributed by atoms with Crippen molar-refractivity contribution < 1.29 is 23.5 Å². The fraction of sp³-hybridized carbons (Fsp3) is 0.350. The first-order chi connectivity index (χ1) is 12.9. The van der Waals surface area contributed by atoms with Crippen LogP contribution < -0.4 is 5.32 Å². The van der Waals surface area contributed by atoms with Crippen LogP contribution in [0.25, 0.3) is 0 Å². The summed E-state index contributed by atoms with van der Waals surface area (Å²) in [6, 6.07) is 10.9. The van der Waals surface area contributed by atoms with Gasteiger partial charge in [0.2, 0.25) is 5.91 Å². The van der Waals surface area contributed by atoms with Crippen LogP contribution in [0.3, 0.4) is 0 Å². The minimum Gasteiger partial charge on any atom is -0.467 e. The van der Waals surface area contributed by atoms with E-state index in [9.17, 15) is 14.4 Å². The zero-order valence-electron chi connectivity index (χ0n) is 15.3. The Bertz CT molecular complexity index is 831. The fourth-order valence-electron chi connectivity index (χ4n) is 2.95. The normalized spacial score (nSPS) is 17.6. The highest BCUT2D eigenvalue weighted by atomic mass is 16.5. The number of hydrogen-bond donors (Lipinski definition) is 1. The highest BCUT2D eigenvalue weighted by Gasteiger charge is 2.36. The van der Waals surface area contributed by atoms with Crippen LogP contribution in [-0.4, -0.2) is 35.3 Å². The Morgan fingerprint density at radius 2 is 2.07 bits per heavy atom. The third kappa shape index (κ3) is 4.55. The second kappa shape index (κ2) is 8.07. The zero-order chi connectivity index (χ0) is 19.4. The molecule has 142 valence electrons. The van der Waals surface area contributed by atoms with Gasteiger partial charge in [-0.05, 0) is 37.6 Å². The van der Waals surface area contributed by atoms with Crippen LogP contribution in [0.5, 0.6) is 0 Å².